The molecule has 2 aromatic heterocycles. The number of nitrogens with two attached hydrogens (primary N) is 1. The van der Waals surface area contributed by atoms with Crippen LogP contribution >= 0.6 is 0 Å². The zero-order valence-electron chi connectivity index (χ0n) is 10.7. The highest BCUT2D eigenvalue weighted by Gasteiger charge is 2.44. The van der Waals surface area contributed by atoms with Gasteiger partial charge in [-0.3, -0.25) is 0 Å². The van der Waals surface area contributed by atoms with Crippen LogP contribution in [0.2, 0.25) is 0 Å². The van der Waals surface area contributed by atoms with E-state index in [0.717, 1.165) is 0 Å². The van der Waals surface area contributed by atoms with Gasteiger partial charge in [0.25, 0.3) is 0 Å². The van der Waals surface area contributed by atoms with Gasteiger partial charge in [0.15, 0.2) is 11.9 Å². The third-order valence-corrected chi connectivity index (χ3v) is 3.35. The van der Waals surface area contributed by atoms with Crippen LogP contribution in [0.5, 0.6) is 0 Å². The molecule has 1 aliphatic rings. The third kappa shape index (κ3) is 1.83. The molecule has 9 heteroatoms. The number of ether oxygens (including phenoxy) is 1. The number of rotatable bonds is 2. The van der Waals surface area contributed by atoms with E-state index in [0.29, 0.717) is 16.9 Å². The minimum atomic E-state index is -1.22. The Balaban J connectivity index is 2.07. The number of aliphatic hydroxyl groups is 3. The third-order valence-electron chi connectivity index (χ3n) is 3.35. The molecule has 1 aliphatic heterocycles. The number of aliphatic hydroxyl groups excluding tert-OH is 3. The molecule has 0 spiro atoms. The molecule has 108 valence electrons. The molecular formula is C11H15N5O4. The largest absolute Gasteiger partial charge is 0.394 e. The Labute approximate surface area is 113 Å². The average Bonchev–Trinajstić information content (AvgIpc) is 2.93. The molecule has 1 saturated heterocycles. The summed E-state index contributed by atoms with van der Waals surface area (Å²) in [5, 5.41) is 33.5. The van der Waals surface area contributed by atoms with E-state index in [2.05, 4.69) is 15.1 Å². The van der Waals surface area contributed by atoms with Crippen LogP contribution in [0.25, 0.3) is 11.0 Å². The van der Waals surface area contributed by atoms with Crippen molar-refractivity contribution >= 4 is 16.9 Å². The summed E-state index contributed by atoms with van der Waals surface area (Å²) in [5.41, 5.74) is 6.19. The van der Waals surface area contributed by atoms with Crippen molar-refractivity contribution < 1.29 is 20.1 Å². The van der Waals surface area contributed by atoms with Gasteiger partial charge in [-0.1, -0.05) is 0 Å². The van der Waals surface area contributed by atoms with E-state index in [1.54, 1.807) is 6.92 Å². The molecule has 20 heavy (non-hydrogen) atoms. The number of hydrogen-bond donors (Lipinski definition) is 4. The first-order valence-electron chi connectivity index (χ1n) is 6.12. The van der Waals surface area contributed by atoms with Crippen LogP contribution in [0.3, 0.4) is 0 Å². The minimum absolute atomic E-state index is 0.283. The topological polar surface area (TPSA) is 140 Å². The second-order valence-corrected chi connectivity index (χ2v) is 4.71. The molecule has 4 unspecified atom stereocenters. The Morgan fingerprint density at radius 3 is 2.75 bits per heavy atom. The molecule has 2 aromatic rings. The lowest BCUT2D eigenvalue weighted by Gasteiger charge is -2.15. The quantitative estimate of drug-likeness (QED) is 0.512. The highest BCUT2D eigenvalue weighted by atomic mass is 16.6. The second-order valence-electron chi connectivity index (χ2n) is 4.71. The van der Waals surface area contributed by atoms with Gasteiger partial charge in [-0.25, -0.2) is 14.6 Å². The lowest BCUT2D eigenvalue weighted by atomic mass is 10.1. The summed E-state index contributed by atoms with van der Waals surface area (Å²) in [6, 6.07) is 0. The fourth-order valence-electron chi connectivity index (χ4n) is 2.33. The van der Waals surface area contributed by atoms with E-state index < -0.39 is 31.1 Å². The molecule has 0 radical (unpaired) electrons. The molecule has 1 fully saturated rings. The van der Waals surface area contributed by atoms with Crippen molar-refractivity contribution in [1.82, 2.24) is 19.7 Å². The van der Waals surface area contributed by atoms with Crippen LogP contribution in [-0.4, -0.2) is 60.0 Å². The monoisotopic (exact) mass is 281 g/mol. The van der Waals surface area contributed by atoms with Crippen molar-refractivity contribution in [1.29, 1.82) is 0 Å². The second kappa shape index (κ2) is 4.63. The van der Waals surface area contributed by atoms with Crippen LogP contribution in [0.15, 0.2) is 6.20 Å². The SMILES string of the molecule is Cc1nc(N)c2cnn(C3OC(CO)C(O)C3O)c2n1. The van der Waals surface area contributed by atoms with Gasteiger partial charge in [0.1, 0.15) is 30.0 Å². The van der Waals surface area contributed by atoms with Gasteiger partial charge in [0.2, 0.25) is 0 Å². The summed E-state index contributed by atoms with van der Waals surface area (Å²) < 4.78 is 6.75. The first kappa shape index (κ1) is 13.2. The zero-order chi connectivity index (χ0) is 14.4. The minimum Gasteiger partial charge on any atom is -0.394 e. The van der Waals surface area contributed by atoms with Crippen molar-refractivity contribution in [2.45, 2.75) is 31.5 Å². The molecule has 3 heterocycles. The molecule has 0 aromatic carbocycles. The maximum absolute atomic E-state index is 10.0. The average molecular weight is 281 g/mol. The van der Waals surface area contributed by atoms with Crippen molar-refractivity contribution in [3.05, 3.63) is 12.0 Å². The number of fused-ring (bicyclic) bond motifs is 1. The maximum atomic E-state index is 10.0. The number of anilines is 1. The highest BCUT2D eigenvalue weighted by molar-refractivity contribution is 5.85. The van der Waals surface area contributed by atoms with Crippen LogP contribution in [0, 0.1) is 6.92 Å². The normalized spacial score (nSPS) is 30.2. The van der Waals surface area contributed by atoms with E-state index in [-0.39, 0.29) is 5.82 Å². The van der Waals surface area contributed by atoms with Crippen LogP contribution in [0.4, 0.5) is 5.82 Å². The Morgan fingerprint density at radius 2 is 2.10 bits per heavy atom. The molecule has 5 N–H and O–H groups in total. The molecule has 4 atom stereocenters. The maximum Gasteiger partial charge on any atom is 0.181 e. The molecular weight excluding hydrogens is 266 g/mol. The van der Waals surface area contributed by atoms with E-state index in [4.69, 9.17) is 15.6 Å². The Bertz CT molecular complexity index is 645. The number of aromatic nitrogens is 4. The molecule has 0 bridgehead atoms. The molecule has 0 amide bonds. The van der Waals surface area contributed by atoms with Gasteiger partial charge >= 0.3 is 0 Å². The fraction of sp³-hybridized carbons (Fsp3) is 0.545. The predicted molar refractivity (Wildman–Crippen MR) is 67.5 cm³/mol. The van der Waals surface area contributed by atoms with Crippen molar-refractivity contribution in [3.63, 3.8) is 0 Å². The van der Waals surface area contributed by atoms with E-state index in [9.17, 15) is 10.2 Å². The van der Waals surface area contributed by atoms with Crippen molar-refractivity contribution in [3.8, 4) is 0 Å². The molecule has 3 rings (SSSR count). The molecule has 0 aliphatic carbocycles. The summed E-state index contributed by atoms with van der Waals surface area (Å²) in [5.74, 6) is 0.744. The first-order chi connectivity index (χ1) is 9.52. The summed E-state index contributed by atoms with van der Waals surface area (Å²) >= 11 is 0. The zero-order valence-corrected chi connectivity index (χ0v) is 10.7. The standard InChI is InChI=1S/C11H15N5O4/c1-4-14-9(12)5-2-13-16(10(5)15-4)11-8(19)7(18)6(3-17)20-11/h2,6-8,11,17-19H,3H2,1H3,(H2,12,14,15). The lowest BCUT2D eigenvalue weighted by molar-refractivity contribution is -0.0566. The summed E-state index contributed by atoms with van der Waals surface area (Å²) in [4.78, 5) is 8.25. The number of hydrogen-bond acceptors (Lipinski definition) is 8. The van der Waals surface area contributed by atoms with Gasteiger partial charge in [0.05, 0.1) is 18.2 Å². The molecule has 0 saturated carbocycles. The highest BCUT2D eigenvalue weighted by Crippen LogP contribution is 2.31. The van der Waals surface area contributed by atoms with E-state index >= 15 is 0 Å². The summed E-state index contributed by atoms with van der Waals surface area (Å²) in [7, 11) is 0. The summed E-state index contributed by atoms with van der Waals surface area (Å²) in [6.45, 7) is 1.29. The Morgan fingerprint density at radius 1 is 1.35 bits per heavy atom. The van der Waals surface area contributed by atoms with Gasteiger partial charge in [0, 0.05) is 0 Å². The fourth-order valence-corrected chi connectivity index (χ4v) is 2.33. The van der Waals surface area contributed by atoms with Crippen LogP contribution in [-0.2, 0) is 4.74 Å². The number of nitrogen functional groups attached to an aromatic ring is 1. The van der Waals surface area contributed by atoms with Gasteiger partial charge in [-0.15, -0.1) is 0 Å². The van der Waals surface area contributed by atoms with Gasteiger partial charge < -0.3 is 25.8 Å². The van der Waals surface area contributed by atoms with Gasteiger partial charge in [-0.2, -0.15) is 5.10 Å². The molecule has 9 nitrogen and oxygen atoms in total. The first-order valence-corrected chi connectivity index (χ1v) is 6.12. The Kier molecular flexibility index (Phi) is 3.05. The van der Waals surface area contributed by atoms with E-state index in [1.807, 2.05) is 0 Å². The van der Waals surface area contributed by atoms with Crippen molar-refractivity contribution in [2.75, 3.05) is 12.3 Å². The number of nitrogens with zero attached hydrogens (tertiary/aromatic N) is 4. The number of aryl methyl sites for hydroxylation is 1. The van der Waals surface area contributed by atoms with Crippen molar-refractivity contribution in [2.24, 2.45) is 0 Å². The smallest absolute Gasteiger partial charge is 0.181 e. The van der Waals surface area contributed by atoms with Gasteiger partial charge in [-0.05, 0) is 6.92 Å². The van der Waals surface area contributed by atoms with E-state index in [1.165, 1.54) is 10.9 Å². The Hall–Kier alpha value is -1.81. The van der Waals surface area contributed by atoms with Crippen LogP contribution in [0.1, 0.15) is 12.1 Å². The lowest BCUT2D eigenvalue weighted by Crippen LogP contribution is -2.33. The summed E-state index contributed by atoms with van der Waals surface area (Å²) in [6.07, 6.45) is -2.74. The van der Waals surface area contributed by atoms with Crippen LogP contribution < -0.4 is 5.73 Å². The predicted octanol–water partition coefficient (Wildman–Crippen LogP) is -1.67.